The number of aliphatic imine (C=N–C) groups is 1. The maximum absolute atomic E-state index is 11.3. The van der Waals surface area contributed by atoms with Crippen molar-refractivity contribution in [2.24, 2.45) is 10.1 Å². The molecule has 0 spiro atoms. The SMILES string of the molecule is CN=C(NCCc1ccccc1OC)NCc1ccc(S(N)(=O)=O)cc1.I. The third kappa shape index (κ3) is 7.35. The molecule has 148 valence electrons. The zero-order valence-corrected chi connectivity index (χ0v) is 18.5. The van der Waals surface area contributed by atoms with Crippen molar-refractivity contribution in [3.8, 4) is 5.75 Å². The van der Waals surface area contributed by atoms with Gasteiger partial charge in [-0.1, -0.05) is 30.3 Å². The summed E-state index contributed by atoms with van der Waals surface area (Å²) in [5.41, 5.74) is 2.04. The molecule has 2 aromatic carbocycles. The van der Waals surface area contributed by atoms with Gasteiger partial charge >= 0.3 is 0 Å². The molecule has 0 saturated heterocycles. The Morgan fingerprint density at radius 1 is 1.11 bits per heavy atom. The summed E-state index contributed by atoms with van der Waals surface area (Å²) in [6.07, 6.45) is 0.799. The van der Waals surface area contributed by atoms with E-state index in [9.17, 15) is 8.42 Å². The van der Waals surface area contributed by atoms with Gasteiger partial charge in [0.1, 0.15) is 5.75 Å². The van der Waals surface area contributed by atoms with Gasteiger partial charge in [0, 0.05) is 20.1 Å². The van der Waals surface area contributed by atoms with Gasteiger partial charge in [-0.25, -0.2) is 13.6 Å². The predicted octanol–water partition coefficient (Wildman–Crippen LogP) is 1.87. The standard InChI is InChI=1S/C18H24N4O3S.HI/c1-20-18(21-12-11-15-5-3-4-6-17(15)25-2)22-13-14-7-9-16(10-8-14)26(19,23)24;/h3-10H,11-13H2,1-2H3,(H2,19,23,24)(H2,20,21,22);1H. The zero-order chi connectivity index (χ0) is 19.0. The van der Waals surface area contributed by atoms with Gasteiger partial charge in [0.05, 0.1) is 12.0 Å². The van der Waals surface area contributed by atoms with Gasteiger partial charge < -0.3 is 15.4 Å². The summed E-state index contributed by atoms with van der Waals surface area (Å²) in [6, 6.07) is 14.3. The van der Waals surface area contributed by atoms with Crippen molar-refractivity contribution in [2.75, 3.05) is 20.7 Å². The fourth-order valence-corrected chi connectivity index (χ4v) is 2.94. The average molecular weight is 504 g/mol. The molecule has 7 nitrogen and oxygen atoms in total. The highest BCUT2D eigenvalue weighted by atomic mass is 127. The molecule has 0 aromatic heterocycles. The minimum absolute atomic E-state index is 0. The topological polar surface area (TPSA) is 106 Å². The lowest BCUT2D eigenvalue weighted by molar-refractivity contribution is 0.409. The van der Waals surface area contributed by atoms with Gasteiger partial charge in [0.25, 0.3) is 0 Å². The van der Waals surface area contributed by atoms with Crippen molar-refractivity contribution in [3.05, 3.63) is 59.7 Å². The van der Waals surface area contributed by atoms with Gasteiger partial charge in [0.2, 0.25) is 10.0 Å². The molecule has 0 amide bonds. The first kappa shape index (κ1) is 23.2. The minimum atomic E-state index is -3.67. The van der Waals surface area contributed by atoms with Crippen molar-refractivity contribution >= 4 is 40.0 Å². The number of methoxy groups -OCH3 is 1. The van der Waals surface area contributed by atoms with Crippen LogP contribution in [0.4, 0.5) is 0 Å². The molecule has 2 rings (SSSR count). The number of nitrogens with two attached hydrogens (primary N) is 1. The fourth-order valence-electron chi connectivity index (χ4n) is 2.43. The fraction of sp³-hybridized carbons (Fsp3) is 0.278. The number of guanidine groups is 1. The maximum Gasteiger partial charge on any atom is 0.238 e. The molecule has 0 radical (unpaired) electrons. The largest absolute Gasteiger partial charge is 0.496 e. The summed E-state index contributed by atoms with van der Waals surface area (Å²) in [5, 5.41) is 11.5. The summed E-state index contributed by atoms with van der Waals surface area (Å²) in [4.78, 5) is 4.28. The first-order valence-corrected chi connectivity index (χ1v) is 9.67. The van der Waals surface area contributed by atoms with Crippen LogP contribution in [0.25, 0.3) is 0 Å². The van der Waals surface area contributed by atoms with Crippen LogP contribution in [0.3, 0.4) is 0 Å². The predicted molar refractivity (Wildman–Crippen MR) is 118 cm³/mol. The Hall–Kier alpha value is -1.85. The minimum Gasteiger partial charge on any atom is -0.496 e. The van der Waals surface area contributed by atoms with Crippen molar-refractivity contribution in [2.45, 2.75) is 17.9 Å². The second-order valence-corrected chi connectivity index (χ2v) is 7.16. The molecule has 0 aliphatic rings. The zero-order valence-electron chi connectivity index (χ0n) is 15.3. The van der Waals surface area contributed by atoms with E-state index in [1.165, 1.54) is 12.1 Å². The van der Waals surface area contributed by atoms with Crippen molar-refractivity contribution in [1.29, 1.82) is 0 Å². The van der Waals surface area contributed by atoms with Crippen LogP contribution in [-0.4, -0.2) is 35.1 Å². The first-order chi connectivity index (χ1) is 12.4. The number of halogens is 1. The molecule has 2 aromatic rings. The van der Waals surface area contributed by atoms with E-state index in [4.69, 9.17) is 9.88 Å². The normalized spacial score (nSPS) is 11.4. The molecule has 27 heavy (non-hydrogen) atoms. The van der Waals surface area contributed by atoms with E-state index in [0.717, 1.165) is 23.3 Å². The van der Waals surface area contributed by atoms with E-state index in [1.54, 1.807) is 26.3 Å². The Morgan fingerprint density at radius 2 is 1.78 bits per heavy atom. The highest BCUT2D eigenvalue weighted by molar-refractivity contribution is 14.0. The van der Waals surface area contributed by atoms with Crippen molar-refractivity contribution in [1.82, 2.24) is 10.6 Å². The summed E-state index contributed by atoms with van der Waals surface area (Å²) >= 11 is 0. The highest BCUT2D eigenvalue weighted by Gasteiger charge is 2.07. The first-order valence-electron chi connectivity index (χ1n) is 8.12. The third-order valence-corrected chi connectivity index (χ3v) is 4.74. The molecule has 0 atom stereocenters. The number of sulfonamides is 1. The van der Waals surface area contributed by atoms with E-state index in [0.29, 0.717) is 19.0 Å². The maximum atomic E-state index is 11.3. The van der Waals surface area contributed by atoms with Gasteiger partial charge in [-0.15, -0.1) is 24.0 Å². The lowest BCUT2D eigenvalue weighted by Gasteiger charge is -2.13. The van der Waals surface area contributed by atoms with Crippen LogP contribution >= 0.6 is 24.0 Å². The molecule has 0 bridgehead atoms. The Labute approximate surface area is 177 Å². The summed E-state index contributed by atoms with van der Waals surface area (Å²) in [5.74, 6) is 1.53. The van der Waals surface area contributed by atoms with E-state index in [1.807, 2.05) is 24.3 Å². The van der Waals surface area contributed by atoms with Crippen LogP contribution in [0.15, 0.2) is 58.4 Å². The van der Waals surface area contributed by atoms with Crippen molar-refractivity contribution < 1.29 is 13.2 Å². The number of rotatable bonds is 7. The average Bonchev–Trinajstić information content (AvgIpc) is 2.64. The molecule has 9 heteroatoms. The summed E-state index contributed by atoms with van der Waals surface area (Å²) in [7, 11) is -0.309. The molecule has 4 N–H and O–H groups in total. The number of hydrogen-bond acceptors (Lipinski definition) is 4. The molecular formula is C18H25IN4O3S. The Balaban J connectivity index is 0.00000364. The number of ether oxygens (including phenoxy) is 1. The van der Waals surface area contributed by atoms with Crippen LogP contribution in [-0.2, 0) is 23.0 Å². The summed E-state index contributed by atoms with van der Waals surface area (Å²) in [6.45, 7) is 1.21. The smallest absolute Gasteiger partial charge is 0.238 e. The molecule has 0 fully saturated rings. The van der Waals surface area contributed by atoms with Crippen LogP contribution in [0.1, 0.15) is 11.1 Å². The van der Waals surface area contributed by atoms with Crippen LogP contribution in [0.5, 0.6) is 5.75 Å². The number of hydrogen-bond donors (Lipinski definition) is 3. The van der Waals surface area contributed by atoms with Gasteiger partial charge in [0.15, 0.2) is 5.96 Å². The van der Waals surface area contributed by atoms with E-state index in [2.05, 4.69) is 15.6 Å². The van der Waals surface area contributed by atoms with Gasteiger partial charge in [-0.3, -0.25) is 4.99 Å². The van der Waals surface area contributed by atoms with Gasteiger partial charge in [-0.2, -0.15) is 0 Å². The number of benzene rings is 2. The van der Waals surface area contributed by atoms with Gasteiger partial charge in [-0.05, 0) is 35.7 Å². The van der Waals surface area contributed by atoms with Crippen LogP contribution < -0.4 is 20.5 Å². The number of para-hydroxylation sites is 1. The van der Waals surface area contributed by atoms with Crippen molar-refractivity contribution in [3.63, 3.8) is 0 Å². The number of nitrogens with one attached hydrogen (secondary N) is 2. The van der Waals surface area contributed by atoms with E-state index >= 15 is 0 Å². The molecule has 0 heterocycles. The summed E-state index contributed by atoms with van der Waals surface area (Å²) < 4.78 is 27.9. The Kier molecular flexibility index (Phi) is 9.53. The molecule has 0 unspecified atom stereocenters. The Bertz CT molecular complexity index is 855. The lowest BCUT2D eigenvalue weighted by Crippen LogP contribution is -2.37. The number of primary sulfonamides is 1. The molecule has 0 aliphatic heterocycles. The highest BCUT2D eigenvalue weighted by Crippen LogP contribution is 2.17. The third-order valence-electron chi connectivity index (χ3n) is 3.81. The molecule has 0 saturated carbocycles. The Morgan fingerprint density at radius 3 is 2.37 bits per heavy atom. The quantitative estimate of drug-likeness (QED) is 0.303. The molecular weight excluding hydrogens is 479 g/mol. The second-order valence-electron chi connectivity index (χ2n) is 5.60. The molecule has 0 aliphatic carbocycles. The second kappa shape index (κ2) is 11.1. The lowest BCUT2D eigenvalue weighted by atomic mass is 10.1. The monoisotopic (exact) mass is 504 g/mol. The van der Waals surface area contributed by atoms with E-state index < -0.39 is 10.0 Å². The van der Waals surface area contributed by atoms with Crippen LogP contribution in [0.2, 0.25) is 0 Å². The van der Waals surface area contributed by atoms with E-state index in [-0.39, 0.29) is 28.9 Å². The van der Waals surface area contributed by atoms with Crippen LogP contribution in [0, 0.1) is 0 Å². The number of nitrogens with zero attached hydrogens (tertiary/aromatic N) is 1.